The minimum Gasteiger partial charge on any atom is -0.478 e. The van der Waals surface area contributed by atoms with E-state index in [1.165, 1.54) is 0 Å². The monoisotopic (exact) mass is 285 g/mol. The summed E-state index contributed by atoms with van der Waals surface area (Å²) in [6.45, 7) is 1.89. The molecule has 0 aliphatic rings. The highest BCUT2D eigenvalue weighted by Crippen LogP contribution is 2.32. The van der Waals surface area contributed by atoms with Gasteiger partial charge in [-0.05, 0) is 42.1 Å². The van der Waals surface area contributed by atoms with E-state index in [0.717, 1.165) is 15.6 Å². The van der Waals surface area contributed by atoms with Crippen LogP contribution in [0.5, 0.6) is 11.6 Å². The van der Waals surface area contributed by atoms with Crippen LogP contribution in [-0.4, -0.2) is 16.1 Å². The van der Waals surface area contributed by atoms with Gasteiger partial charge < -0.3 is 9.84 Å². The van der Waals surface area contributed by atoms with E-state index in [2.05, 4.69) is 4.98 Å². The van der Waals surface area contributed by atoms with Crippen LogP contribution in [0.2, 0.25) is 0 Å². The van der Waals surface area contributed by atoms with Crippen LogP contribution in [0.4, 0.5) is 0 Å². The van der Waals surface area contributed by atoms with E-state index < -0.39 is 5.97 Å². The van der Waals surface area contributed by atoms with Gasteiger partial charge in [0, 0.05) is 10.9 Å². The molecule has 4 nitrogen and oxygen atoms in total. The van der Waals surface area contributed by atoms with Gasteiger partial charge in [0.15, 0.2) is 0 Å². The number of pyridine rings is 1. The highest BCUT2D eigenvalue weighted by Gasteiger charge is 2.14. The number of hydrogen-bond acceptors (Lipinski definition) is 4. The molecule has 0 atom stereocenters. The minimum atomic E-state index is -1.02. The van der Waals surface area contributed by atoms with Gasteiger partial charge in [0.05, 0.1) is 5.39 Å². The Balaban J connectivity index is 2.09. The Kier molecular flexibility index (Phi) is 3.12. The number of benzene rings is 1. The van der Waals surface area contributed by atoms with Crippen LogP contribution in [0.25, 0.3) is 10.1 Å². The predicted molar refractivity (Wildman–Crippen MR) is 77.8 cm³/mol. The lowest BCUT2D eigenvalue weighted by atomic mass is 10.1. The number of carboxylic acids is 1. The number of thiophene rings is 1. The van der Waals surface area contributed by atoms with Crippen molar-refractivity contribution in [2.45, 2.75) is 6.92 Å². The number of carboxylic acid groups (broad SMARTS) is 1. The summed E-state index contributed by atoms with van der Waals surface area (Å²) in [6, 6.07) is 8.81. The quantitative estimate of drug-likeness (QED) is 0.787. The molecule has 1 N–H and O–H groups in total. The van der Waals surface area contributed by atoms with E-state index >= 15 is 0 Å². The van der Waals surface area contributed by atoms with Crippen molar-refractivity contribution >= 4 is 27.4 Å². The van der Waals surface area contributed by atoms with Crippen molar-refractivity contribution in [2.24, 2.45) is 0 Å². The molecule has 0 aliphatic carbocycles. The second-order valence-electron chi connectivity index (χ2n) is 4.36. The molecular weight excluding hydrogens is 274 g/mol. The summed E-state index contributed by atoms with van der Waals surface area (Å²) < 4.78 is 6.79. The minimum absolute atomic E-state index is 0.129. The molecule has 0 saturated carbocycles. The summed E-state index contributed by atoms with van der Waals surface area (Å²) in [5.41, 5.74) is 1.06. The number of nitrogens with zero attached hydrogens (tertiary/aromatic N) is 1. The topological polar surface area (TPSA) is 59.4 Å². The Morgan fingerprint density at radius 2 is 2.15 bits per heavy atom. The van der Waals surface area contributed by atoms with Gasteiger partial charge in [0.2, 0.25) is 5.88 Å². The van der Waals surface area contributed by atoms with Crippen LogP contribution in [-0.2, 0) is 0 Å². The van der Waals surface area contributed by atoms with Gasteiger partial charge in [0.25, 0.3) is 0 Å². The second kappa shape index (κ2) is 4.94. The van der Waals surface area contributed by atoms with Crippen molar-refractivity contribution in [3.05, 3.63) is 53.0 Å². The van der Waals surface area contributed by atoms with E-state index in [1.54, 1.807) is 35.7 Å². The maximum absolute atomic E-state index is 11.2. The van der Waals surface area contributed by atoms with Crippen molar-refractivity contribution in [2.75, 3.05) is 0 Å². The molecule has 3 rings (SSSR count). The van der Waals surface area contributed by atoms with E-state index in [-0.39, 0.29) is 5.56 Å². The molecule has 0 aliphatic heterocycles. The lowest BCUT2D eigenvalue weighted by Gasteiger charge is -2.09. The molecule has 0 unspecified atom stereocenters. The smallest absolute Gasteiger partial charge is 0.339 e. The van der Waals surface area contributed by atoms with Crippen molar-refractivity contribution in [1.29, 1.82) is 0 Å². The number of rotatable bonds is 3. The average Bonchev–Trinajstić information content (AvgIpc) is 2.88. The summed E-state index contributed by atoms with van der Waals surface area (Å²) in [4.78, 5) is 15.4. The Morgan fingerprint density at radius 3 is 2.95 bits per heavy atom. The van der Waals surface area contributed by atoms with Crippen LogP contribution >= 0.6 is 11.3 Å². The summed E-state index contributed by atoms with van der Waals surface area (Å²) in [5.74, 6) is -0.280. The van der Waals surface area contributed by atoms with Crippen LogP contribution in [0, 0.1) is 6.92 Å². The van der Waals surface area contributed by atoms with E-state index in [9.17, 15) is 9.90 Å². The molecule has 0 radical (unpaired) electrons. The fourth-order valence-electron chi connectivity index (χ4n) is 1.95. The molecule has 20 heavy (non-hydrogen) atoms. The zero-order valence-electron chi connectivity index (χ0n) is 10.7. The van der Waals surface area contributed by atoms with Gasteiger partial charge in [-0.3, -0.25) is 0 Å². The first-order chi connectivity index (χ1) is 9.65. The summed E-state index contributed by atoms with van der Waals surface area (Å²) in [5, 5.41) is 12.0. The number of hydrogen-bond donors (Lipinski definition) is 1. The zero-order chi connectivity index (χ0) is 14.1. The summed E-state index contributed by atoms with van der Waals surface area (Å²) >= 11 is 1.59. The third-order valence-corrected chi connectivity index (χ3v) is 3.80. The molecule has 0 saturated heterocycles. The maximum atomic E-state index is 11.2. The summed E-state index contributed by atoms with van der Waals surface area (Å²) in [7, 11) is 0. The predicted octanol–water partition coefficient (Wildman–Crippen LogP) is 4.10. The standard InChI is InChI=1S/C15H11NO3S/c1-9-2-3-10(15(17)18)12(8-9)19-14-11-5-7-20-13(11)4-6-16-14/h2-8H,1H3,(H,17,18). The lowest BCUT2D eigenvalue weighted by Crippen LogP contribution is -2.01. The van der Waals surface area contributed by atoms with Gasteiger partial charge in [0.1, 0.15) is 11.3 Å². The largest absolute Gasteiger partial charge is 0.478 e. The Morgan fingerprint density at radius 1 is 1.30 bits per heavy atom. The van der Waals surface area contributed by atoms with Gasteiger partial charge in [-0.15, -0.1) is 11.3 Å². The zero-order valence-corrected chi connectivity index (χ0v) is 11.5. The van der Waals surface area contributed by atoms with Gasteiger partial charge >= 0.3 is 5.97 Å². The first-order valence-corrected chi connectivity index (χ1v) is 6.87. The Labute approximate surface area is 119 Å². The van der Waals surface area contributed by atoms with Crippen molar-refractivity contribution in [3.8, 4) is 11.6 Å². The van der Waals surface area contributed by atoms with Crippen LogP contribution in [0.15, 0.2) is 41.9 Å². The van der Waals surface area contributed by atoms with E-state index in [4.69, 9.17) is 4.74 Å². The summed E-state index contributed by atoms with van der Waals surface area (Å²) in [6.07, 6.45) is 1.66. The van der Waals surface area contributed by atoms with E-state index in [0.29, 0.717) is 11.6 Å². The Hall–Kier alpha value is -2.40. The second-order valence-corrected chi connectivity index (χ2v) is 5.30. The molecule has 0 bridgehead atoms. The molecule has 2 heterocycles. The van der Waals surface area contributed by atoms with Gasteiger partial charge in [-0.1, -0.05) is 6.07 Å². The molecule has 0 fully saturated rings. The molecule has 5 heteroatoms. The molecule has 0 spiro atoms. The number of aromatic carboxylic acids is 1. The van der Waals surface area contributed by atoms with Gasteiger partial charge in [-0.2, -0.15) is 0 Å². The van der Waals surface area contributed by atoms with Crippen LogP contribution in [0.3, 0.4) is 0 Å². The third-order valence-electron chi connectivity index (χ3n) is 2.92. The SMILES string of the molecule is Cc1ccc(C(=O)O)c(Oc2nccc3sccc23)c1. The first-order valence-electron chi connectivity index (χ1n) is 5.99. The molecule has 2 aromatic heterocycles. The van der Waals surface area contributed by atoms with Crippen molar-refractivity contribution < 1.29 is 14.6 Å². The highest BCUT2D eigenvalue weighted by atomic mass is 32.1. The highest BCUT2D eigenvalue weighted by molar-refractivity contribution is 7.17. The number of carbonyl (C=O) groups is 1. The van der Waals surface area contributed by atoms with Crippen molar-refractivity contribution in [1.82, 2.24) is 4.98 Å². The molecule has 3 aromatic rings. The molecule has 1 aromatic carbocycles. The first kappa shape index (κ1) is 12.6. The molecular formula is C15H11NO3S. The number of ether oxygens (including phenoxy) is 1. The number of aromatic nitrogens is 1. The van der Waals surface area contributed by atoms with Gasteiger partial charge in [-0.25, -0.2) is 9.78 Å². The number of fused-ring (bicyclic) bond motifs is 1. The average molecular weight is 285 g/mol. The van der Waals surface area contributed by atoms with Crippen LogP contribution < -0.4 is 4.74 Å². The fourth-order valence-corrected chi connectivity index (χ4v) is 2.72. The molecule has 100 valence electrons. The number of aryl methyl sites for hydroxylation is 1. The molecule has 0 amide bonds. The maximum Gasteiger partial charge on any atom is 0.339 e. The fraction of sp³-hybridized carbons (Fsp3) is 0.0667. The Bertz CT molecular complexity index is 795. The lowest BCUT2D eigenvalue weighted by molar-refractivity contribution is 0.0694. The van der Waals surface area contributed by atoms with E-state index in [1.807, 2.05) is 24.4 Å². The van der Waals surface area contributed by atoms with Crippen molar-refractivity contribution in [3.63, 3.8) is 0 Å². The third kappa shape index (κ3) is 2.23. The normalized spacial score (nSPS) is 10.7. The van der Waals surface area contributed by atoms with Crippen LogP contribution in [0.1, 0.15) is 15.9 Å².